The molecule has 0 aromatic heterocycles. The maximum Gasteiger partial charge on any atom is 0.0485 e. The van der Waals surface area contributed by atoms with Crippen molar-refractivity contribution >= 4 is 21.6 Å². The van der Waals surface area contributed by atoms with Crippen molar-refractivity contribution in [1.82, 2.24) is 0 Å². The average molecular weight is 330 g/mol. The van der Waals surface area contributed by atoms with Gasteiger partial charge in [-0.3, -0.25) is 0 Å². The maximum absolute atomic E-state index is 3.58. The van der Waals surface area contributed by atoms with Crippen molar-refractivity contribution in [2.45, 2.75) is 38.6 Å². The monoisotopic (exact) mass is 329 g/mol. The first-order chi connectivity index (χ1) is 9.72. The molecule has 0 fully saturated rings. The number of halogens is 1. The summed E-state index contributed by atoms with van der Waals surface area (Å²) in [5.41, 5.74) is 5.64. The van der Waals surface area contributed by atoms with Crippen LogP contribution in [0.4, 0.5) is 5.69 Å². The van der Waals surface area contributed by atoms with Crippen LogP contribution in [-0.4, -0.2) is 0 Å². The van der Waals surface area contributed by atoms with Crippen molar-refractivity contribution in [2.75, 3.05) is 5.32 Å². The Morgan fingerprint density at radius 1 is 1.00 bits per heavy atom. The average Bonchev–Trinajstić information content (AvgIpc) is 2.47. The van der Waals surface area contributed by atoms with Gasteiger partial charge in [-0.25, -0.2) is 0 Å². The fraction of sp³-hybridized carbons (Fsp3) is 0.333. The Kier molecular flexibility index (Phi) is 4.11. The van der Waals surface area contributed by atoms with E-state index in [1.54, 1.807) is 11.1 Å². The van der Waals surface area contributed by atoms with Crippen molar-refractivity contribution in [1.29, 1.82) is 0 Å². The molecule has 1 N–H and O–H groups in total. The highest BCUT2D eigenvalue weighted by atomic mass is 79.9. The molecule has 0 saturated carbocycles. The van der Waals surface area contributed by atoms with Crippen molar-refractivity contribution < 1.29 is 0 Å². The molecule has 0 radical (unpaired) electrons. The highest BCUT2D eigenvalue weighted by Crippen LogP contribution is 2.27. The summed E-state index contributed by atoms with van der Waals surface area (Å²) >= 11 is 3.52. The Labute approximate surface area is 129 Å². The van der Waals surface area contributed by atoms with E-state index >= 15 is 0 Å². The van der Waals surface area contributed by atoms with Crippen LogP contribution < -0.4 is 5.32 Å². The maximum atomic E-state index is 3.58. The van der Waals surface area contributed by atoms with Gasteiger partial charge in [0.1, 0.15) is 0 Å². The molecule has 0 heterocycles. The number of anilines is 1. The van der Waals surface area contributed by atoms with Crippen molar-refractivity contribution in [3.63, 3.8) is 0 Å². The minimum atomic E-state index is 0.330. The first-order valence-corrected chi connectivity index (χ1v) is 8.15. The second-order valence-corrected chi connectivity index (χ2v) is 6.53. The van der Waals surface area contributed by atoms with E-state index < -0.39 is 0 Å². The van der Waals surface area contributed by atoms with Crippen LogP contribution in [0.5, 0.6) is 0 Å². The molecule has 104 valence electrons. The molecule has 0 aliphatic heterocycles. The van der Waals surface area contributed by atoms with E-state index in [4.69, 9.17) is 0 Å². The predicted molar refractivity (Wildman–Crippen MR) is 89.3 cm³/mol. The zero-order valence-corrected chi connectivity index (χ0v) is 13.4. The van der Waals surface area contributed by atoms with E-state index in [1.165, 1.54) is 31.2 Å². The smallest absolute Gasteiger partial charge is 0.0485 e. The topological polar surface area (TPSA) is 12.0 Å². The molecule has 2 heteroatoms. The number of rotatable bonds is 3. The van der Waals surface area contributed by atoms with E-state index in [2.05, 4.69) is 70.6 Å². The molecule has 1 atom stereocenters. The summed E-state index contributed by atoms with van der Waals surface area (Å²) < 4.78 is 1.11. The van der Waals surface area contributed by atoms with Crippen molar-refractivity contribution in [2.24, 2.45) is 0 Å². The summed E-state index contributed by atoms with van der Waals surface area (Å²) in [5.74, 6) is 0. The summed E-state index contributed by atoms with van der Waals surface area (Å²) in [6.07, 6.45) is 5.18. The number of benzene rings is 2. The first-order valence-electron chi connectivity index (χ1n) is 7.36. The standard InChI is InChI=1S/C18H20BrN/c1-13(20-18-8-4-7-17(19)12-18)15-10-9-14-5-2-3-6-16(14)11-15/h4,7-13,20H,2-3,5-6H2,1H3. The van der Waals surface area contributed by atoms with Crippen LogP contribution in [0.15, 0.2) is 46.9 Å². The number of nitrogens with one attached hydrogen (secondary N) is 1. The van der Waals surface area contributed by atoms with Gasteiger partial charge in [0.2, 0.25) is 0 Å². The summed E-state index contributed by atoms with van der Waals surface area (Å²) in [4.78, 5) is 0. The van der Waals surface area contributed by atoms with Crippen molar-refractivity contribution in [3.05, 3.63) is 63.6 Å². The molecule has 0 spiro atoms. The lowest BCUT2D eigenvalue weighted by molar-refractivity contribution is 0.683. The van der Waals surface area contributed by atoms with E-state index in [0.29, 0.717) is 6.04 Å². The van der Waals surface area contributed by atoms with E-state index in [-0.39, 0.29) is 0 Å². The molecule has 2 aromatic rings. The van der Waals surface area contributed by atoms with Crippen LogP contribution >= 0.6 is 15.9 Å². The number of hydrogen-bond acceptors (Lipinski definition) is 1. The summed E-state index contributed by atoms with van der Waals surface area (Å²) in [7, 11) is 0. The van der Waals surface area contributed by atoms with Gasteiger partial charge < -0.3 is 5.32 Å². The van der Waals surface area contributed by atoms with E-state index in [0.717, 1.165) is 10.2 Å². The second kappa shape index (κ2) is 6.01. The summed E-state index contributed by atoms with van der Waals surface area (Å²) in [5, 5.41) is 3.58. The number of fused-ring (bicyclic) bond motifs is 1. The van der Waals surface area contributed by atoms with E-state index in [1.807, 2.05) is 0 Å². The van der Waals surface area contributed by atoms with Gasteiger partial charge in [0, 0.05) is 16.2 Å². The van der Waals surface area contributed by atoms with Crippen LogP contribution in [0.3, 0.4) is 0 Å². The molecule has 0 bridgehead atoms. The molecule has 20 heavy (non-hydrogen) atoms. The van der Waals surface area contributed by atoms with Crippen LogP contribution in [0, 0.1) is 0 Å². The molecule has 0 saturated heterocycles. The predicted octanol–water partition coefficient (Wildman–Crippen LogP) is 5.50. The number of aryl methyl sites for hydroxylation is 2. The van der Waals surface area contributed by atoms with Gasteiger partial charge in [-0.1, -0.05) is 40.2 Å². The Hall–Kier alpha value is -1.28. The van der Waals surface area contributed by atoms with Gasteiger partial charge in [-0.2, -0.15) is 0 Å². The second-order valence-electron chi connectivity index (χ2n) is 5.61. The highest BCUT2D eigenvalue weighted by Gasteiger charge is 2.12. The third-order valence-corrected chi connectivity index (χ3v) is 4.57. The molecular formula is C18H20BrN. The molecule has 1 aliphatic rings. The van der Waals surface area contributed by atoms with Gasteiger partial charge in [0.25, 0.3) is 0 Å². The Morgan fingerprint density at radius 3 is 2.60 bits per heavy atom. The molecule has 1 unspecified atom stereocenters. The lowest BCUT2D eigenvalue weighted by Crippen LogP contribution is -2.09. The minimum Gasteiger partial charge on any atom is -0.378 e. The first kappa shape index (κ1) is 13.7. The SMILES string of the molecule is CC(Nc1cccc(Br)c1)c1ccc2c(c1)CCCC2. The molecule has 3 rings (SSSR count). The minimum absolute atomic E-state index is 0.330. The molecule has 1 aliphatic carbocycles. The Balaban J connectivity index is 1.78. The largest absolute Gasteiger partial charge is 0.378 e. The third-order valence-electron chi connectivity index (χ3n) is 4.08. The summed E-state index contributed by atoms with van der Waals surface area (Å²) in [6, 6.07) is 15.7. The molecule has 0 amide bonds. The van der Waals surface area contributed by atoms with E-state index in [9.17, 15) is 0 Å². The fourth-order valence-corrected chi connectivity index (χ4v) is 3.33. The van der Waals surface area contributed by atoms with Gasteiger partial charge in [0.15, 0.2) is 0 Å². The molecular weight excluding hydrogens is 310 g/mol. The number of hydrogen-bond donors (Lipinski definition) is 1. The van der Waals surface area contributed by atoms with Gasteiger partial charge in [0.05, 0.1) is 0 Å². The van der Waals surface area contributed by atoms with Crippen LogP contribution in [0.2, 0.25) is 0 Å². The van der Waals surface area contributed by atoms with Crippen LogP contribution in [0.1, 0.15) is 42.5 Å². The van der Waals surface area contributed by atoms with Gasteiger partial charge in [-0.15, -0.1) is 0 Å². The Bertz CT molecular complexity index is 606. The lowest BCUT2D eigenvalue weighted by Gasteiger charge is -2.20. The normalized spacial score (nSPS) is 15.5. The zero-order valence-electron chi connectivity index (χ0n) is 11.8. The van der Waals surface area contributed by atoms with Gasteiger partial charge in [-0.05, 0) is 67.5 Å². The Morgan fingerprint density at radius 2 is 1.80 bits per heavy atom. The molecule has 1 nitrogen and oxygen atoms in total. The highest BCUT2D eigenvalue weighted by molar-refractivity contribution is 9.10. The zero-order chi connectivity index (χ0) is 13.9. The van der Waals surface area contributed by atoms with Crippen LogP contribution in [0.25, 0.3) is 0 Å². The van der Waals surface area contributed by atoms with Gasteiger partial charge >= 0.3 is 0 Å². The lowest BCUT2D eigenvalue weighted by atomic mass is 9.89. The van der Waals surface area contributed by atoms with Crippen LogP contribution in [-0.2, 0) is 12.8 Å². The fourth-order valence-electron chi connectivity index (χ4n) is 2.93. The molecule has 2 aromatic carbocycles. The summed E-state index contributed by atoms with van der Waals surface area (Å²) in [6.45, 7) is 2.23. The quantitative estimate of drug-likeness (QED) is 0.783. The third kappa shape index (κ3) is 3.06. The van der Waals surface area contributed by atoms with Crippen molar-refractivity contribution in [3.8, 4) is 0 Å².